The predicted octanol–water partition coefficient (Wildman–Crippen LogP) is 4.93. The second-order valence-electron chi connectivity index (χ2n) is 9.34. The molecule has 1 N–H and O–H groups in total. The van der Waals surface area contributed by atoms with E-state index in [1.807, 2.05) is 0 Å². The number of rotatable bonds is 5. The van der Waals surface area contributed by atoms with Gasteiger partial charge < -0.3 is 14.6 Å². The molecule has 0 bridgehead atoms. The Bertz CT molecular complexity index is 1510. The second-order valence-corrected chi connectivity index (χ2v) is 9.80. The number of alkyl halides is 3. The molecule has 13 heteroatoms. The van der Waals surface area contributed by atoms with Crippen LogP contribution in [0.3, 0.4) is 0 Å². The second kappa shape index (κ2) is 9.60. The Morgan fingerprint density at radius 3 is 2.56 bits per heavy atom. The van der Waals surface area contributed by atoms with Crippen LogP contribution in [-0.4, -0.2) is 27.8 Å². The van der Waals surface area contributed by atoms with Gasteiger partial charge in [-0.3, -0.25) is 14.5 Å². The SMILES string of the molecule is Cc1ccc(CNC(=O)c2ccc(N3C(S)N(c4cnc(C#N)c(C(F)(F)F)c4)C(=O)C34CCC4)cc2F)o1. The molecule has 2 fully saturated rings. The number of nitriles is 1. The first-order valence-electron chi connectivity index (χ1n) is 11.9. The highest BCUT2D eigenvalue weighted by Gasteiger charge is 2.60. The lowest BCUT2D eigenvalue weighted by Crippen LogP contribution is -2.55. The van der Waals surface area contributed by atoms with E-state index >= 15 is 4.39 Å². The highest BCUT2D eigenvalue weighted by atomic mass is 32.1. The molecular weight excluding hydrogens is 538 g/mol. The number of benzene rings is 1. The zero-order valence-electron chi connectivity index (χ0n) is 20.4. The minimum absolute atomic E-state index is 0.0593. The molecule has 2 aromatic heterocycles. The lowest BCUT2D eigenvalue weighted by Gasteiger charge is -2.44. The summed E-state index contributed by atoms with van der Waals surface area (Å²) in [6.45, 7) is 1.81. The molecule has 3 aromatic rings. The minimum Gasteiger partial charge on any atom is -0.465 e. The smallest absolute Gasteiger partial charge is 0.419 e. The topological polar surface area (TPSA) is 102 Å². The number of furan rings is 1. The summed E-state index contributed by atoms with van der Waals surface area (Å²) >= 11 is 4.54. The van der Waals surface area contributed by atoms with E-state index in [0.29, 0.717) is 36.8 Å². The molecule has 1 saturated heterocycles. The predicted molar refractivity (Wildman–Crippen MR) is 134 cm³/mol. The highest BCUT2D eigenvalue weighted by Crippen LogP contribution is 2.50. The summed E-state index contributed by atoms with van der Waals surface area (Å²) in [5.41, 5.74) is -4.52. The van der Waals surface area contributed by atoms with Gasteiger partial charge in [0.2, 0.25) is 0 Å². The van der Waals surface area contributed by atoms with E-state index in [1.165, 1.54) is 18.2 Å². The number of aromatic nitrogens is 1. The summed E-state index contributed by atoms with van der Waals surface area (Å²) in [5, 5.41) is 11.6. The summed E-state index contributed by atoms with van der Waals surface area (Å²) in [4.78, 5) is 32.4. The van der Waals surface area contributed by atoms with Crippen LogP contribution in [0.2, 0.25) is 0 Å². The van der Waals surface area contributed by atoms with E-state index in [-0.39, 0.29) is 23.5 Å². The van der Waals surface area contributed by atoms with Crippen molar-refractivity contribution in [1.29, 1.82) is 5.26 Å². The third kappa shape index (κ3) is 4.48. The Balaban J connectivity index is 1.45. The number of hydrogen-bond acceptors (Lipinski definition) is 7. The van der Waals surface area contributed by atoms with E-state index in [1.54, 1.807) is 24.0 Å². The van der Waals surface area contributed by atoms with Crippen LogP contribution in [0.5, 0.6) is 0 Å². The number of carbonyl (C=O) groups excluding carboxylic acids is 2. The van der Waals surface area contributed by atoms with Gasteiger partial charge >= 0.3 is 6.18 Å². The fourth-order valence-corrected chi connectivity index (χ4v) is 5.53. The number of amides is 2. The van der Waals surface area contributed by atoms with Crippen molar-refractivity contribution in [3.8, 4) is 6.07 Å². The van der Waals surface area contributed by atoms with Crippen LogP contribution in [0.4, 0.5) is 28.9 Å². The highest BCUT2D eigenvalue weighted by molar-refractivity contribution is 7.81. The fraction of sp³-hybridized carbons (Fsp3) is 0.308. The van der Waals surface area contributed by atoms with Gasteiger partial charge in [-0.15, -0.1) is 12.6 Å². The van der Waals surface area contributed by atoms with Crippen LogP contribution < -0.4 is 15.1 Å². The molecule has 2 amide bonds. The van der Waals surface area contributed by atoms with Crippen molar-refractivity contribution < 1.29 is 31.6 Å². The number of halogens is 4. The van der Waals surface area contributed by atoms with Gasteiger partial charge in [-0.2, -0.15) is 18.4 Å². The molecule has 1 aromatic carbocycles. The average Bonchev–Trinajstić information content (AvgIpc) is 3.38. The summed E-state index contributed by atoms with van der Waals surface area (Å²) in [6.07, 6.45) is -2.43. The largest absolute Gasteiger partial charge is 0.465 e. The van der Waals surface area contributed by atoms with Crippen molar-refractivity contribution in [2.24, 2.45) is 0 Å². The fourth-order valence-electron chi connectivity index (χ4n) is 4.94. The Hall–Kier alpha value is -4.05. The lowest BCUT2D eigenvalue weighted by molar-refractivity contribution is -0.138. The van der Waals surface area contributed by atoms with Crippen molar-refractivity contribution in [3.63, 3.8) is 0 Å². The first-order valence-corrected chi connectivity index (χ1v) is 12.4. The molecule has 1 aliphatic carbocycles. The van der Waals surface area contributed by atoms with Crippen molar-refractivity contribution in [3.05, 3.63) is 76.8 Å². The Morgan fingerprint density at radius 2 is 2.00 bits per heavy atom. The molecule has 39 heavy (non-hydrogen) atoms. The van der Waals surface area contributed by atoms with E-state index in [2.05, 4.69) is 22.9 Å². The maximum atomic E-state index is 15.2. The van der Waals surface area contributed by atoms with Crippen LogP contribution >= 0.6 is 12.6 Å². The van der Waals surface area contributed by atoms with Gasteiger partial charge in [0.05, 0.1) is 29.6 Å². The van der Waals surface area contributed by atoms with Gasteiger partial charge in [0.1, 0.15) is 28.9 Å². The first-order chi connectivity index (χ1) is 18.5. The normalized spacial score (nSPS) is 18.3. The minimum atomic E-state index is -4.87. The summed E-state index contributed by atoms with van der Waals surface area (Å²) in [7, 11) is 0. The molecule has 1 unspecified atom stereocenters. The maximum Gasteiger partial charge on any atom is 0.419 e. The number of carbonyl (C=O) groups is 2. The molecule has 1 saturated carbocycles. The zero-order valence-corrected chi connectivity index (χ0v) is 21.3. The molecular formula is C26H21F4N5O3S. The van der Waals surface area contributed by atoms with Gasteiger partial charge in [0.25, 0.3) is 11.8 Å². The molecule has 202 valence electrons. The van der Waals surface area contributed by atoms with Crippen LogP contribution in [0.1, 0.15) is 52.4 Å². The first kappa shape index (κ1) is 26.6. The zero-order chi connectivity index (χ0) is 28.1. The molecule has 1 spiro atoms. The monoisotopic (exact) mass is 559 g/mol. The molecule has 0 radical (unpaired) electrons. The quantitative estimate of drug-likeness (QED) is 0.340. The maximum absolute atomic E-state index is 15.2. The van der Waals surface area contributed by atoms with Gasteiger partial charge in [-0.1, -0.05) is 0 Å². The number of anilines is 2. The molecule has 3 heterocycles. The van der Waals surface area contributed by atoms with Crippen molar-refractivity contribution >= 4 is 35.8 Å². The summed E-state index contributed by atoms with van der Waals surface area (Å²) < 4.78 is 61.3. The molecule has 2 aliphatic rings. The van der Waals surface area contributed by atoms with Gasteiger partial charge in [-0.05, 0) is 62.6 Å². The number of nitrogens with zero attached hydrogens (tertiary/aromatic N) is 4. The summed E-state index contributed by atoms with van der Waals surface area (Å²) in [5.74, 6) is -0.854. The van der Waals surface area contributed by atoms with Crippen molar-refractivity contribution in [2.45, 2.75) is 49.9 Å². The standard InChI is InChI=1S/C26H21F4N5O3S/c1-14-3-5-17(38-14)13-33-22(36)18-6-4-15(10-20(18)27)35-24(39)34(23(37)25(35)7-2-8-25)16-9-19(26(28,29)30)21(11-31)32-12-16/h3-6,9-10,12,24,39H,2,7-8,13H2,1H3,(H,33,36). The number of hydrogen-bond donors (Lipinski definition) is 2. The Labute approximate surface area is 225 Å². The van der Waals surface area contributed by atoms with Gasteiger partial charge in [-0.25, -0.2) is 9.37 Å². The van der Waals surface area contributed by atoms with E-state index in [4.69, 9.17) is 9.68 Å². The van der Waals surface area contributed by atoms with Crippen molar-refractivity contribution in [1.82, 2.24) is 10.3 Å². The van der Waals surface area contributed by atoms with Crippen LogP contribution in [0, 0.1) is 24.1 Å². The Morgan fingerprint density at radius 1 is 1.26 bits per heavy atom. The molecule has 5 rings (SSSR count). The number of pyridine rings is 1. The van der Waals surface area contributed by atoms with Gasteiger partial charge in [0, 0.05) is 5.69 Å². The van der Waals surface area contributed by atoms with Crippen LogP contribution in [0.25, 0.3) is 0 Å². The number of thiol groups is 1. The van der Waals surface area contributed by atoms with E-state index in [9.17, 15) is 22.8 Å². The molecule has 1 aliphatic heterocycles. The van der Waals surface area contributed by atoms with E-state index in [0.717, 1.165) is 17.2 Å². The summed E-state index contributed by atoms with van der Waals surface area (Å²) in [6, 6.07) is 9.37. The van der Waals surface area contributed by atoms with Gasteiger partial charge in [0.15, 0.2) is 11.2 Å². The van der Waals surface area contributed by atoms with Crippen molar-refractivity contribution in [2.75, 3.05) is 9.80 Å². The van der Waals surface area contributed by atoms with Crippen LogP contribution in [0.15, 0.2) is 47.0 Å². The number of nitrogens with one attached hydrogen (secondary N) is 1. The average molecular weight is 560 g/mol. The lowest BCUT2D eigenvalue weighted by atomic mass is 9.75. The third-order valence-corrected chi connectivity index (χ3v) is 7.44. The van der Waals surface area contributed by atoms with Crippen LogP contribution in [-0.2, 0) is 17.5 Å². The molecule has 8 nitrogen and oxygen atoms in total. The number of aryl methyl sites for hydroxylation is 1. The molecule has 1 atom stereocenters. The van der Waals surface area contributed by atoms with E-state index < -0.39 is 46.1 Å². The Kier molecular flexibility index (Phi) is 6.54. The third-order valence-electron chi connectivity index (χ3n) is 6.98.